The molecule has 2 N–H and O–H groups in total. The number of carbonyl (C=O) groups is 1. The average Bonchev–Trinajstić information content (AvgIpc) is 3.02. The molecule has 7 nitrogen and oxygen atoms in total. The summed E-state index contributed by atoms with van der Waals surface area (Å²) in [5.41, 5.74) is 1.42. The minimum atomic E-state index is -0.154. The van der Waals surface area contributed by atoms with E-state index in [2.05, 4.69) is 36.8 Å². The van der Waals surface area contributed by atoms with Crippen molar-refractivity contribution >= 4 is 39.3 Å². The van der Waals surface area contributed by atoms with Gasteiger partial charge in [0.15, 0.2) is 0 Å². The summed E-state index contributed by atoms with van der Waals surface area (Å²) in [6, 6.07) is 13.8. The highest BCUT2D eigenvalue weighted by molar-refractivity contribution is 9.10. The number of phenolic OH excluding ortho intramolecular Hbond substituents is 1. The molecule has 0 radical (unpaired) electrons. The maximum atomic E-state index is 12.1. The number of phenols is 1. The predicted octanol–water partition coefficient (Wildman–Crippen LogP) is 2.86. The molecule has 1 heterocycles. The van der Waals surface area contributed by atoms with E-state index in [4.69, 9.17) is 0 Å². The molecule has 0 saturated heterocycles. The molecule has 3 aromatic rings. The van der Waals surface area contributed by atoms with Gasteiger partial charge in [-0.25, -0.2) is 0 Å². The van der Waals surface area contributed by atoms with Gasteiger partial charge < -0.3 is 10.4 Å². The second kappa shape index (κ2) is 7.45. The van der Waals surface area contributed by atoms with Crippen LogP contribution in [0.3, 0.4) is 0 Å². The van der Waals surface area contributed by atoms with Gasteiger partial charge in [0.25, 0.3) is 0 Å². The van der Waals surface area contributed by atoms with Crippen molar-refractivity contribution in [2.75, 3.05) is 11.1 Å². The summed E-state index contributed by atoms with van der Waals surface area (Å²) >= 11 is 4.58. The fraction of sp³-hybridized carbons (Fsp3) is 0.0667. The second-order valence-corrected chi connectivity index (χ2v) is 6.60. The number of rotatable bonds is 5. The smallest absolute Gasteiger partial charge is 0.234 e. The van der Waals surface area contributed by atoms with Crippen LogP contribution in [-0.4, -0.2) is 37.0 Å². The van der Waals surface area contributed by atoms with Gasteiger partial charge in [-0.05, 0) is 52.9 Å². The van der Waals surface area contributed by atoms with Crippen LogP contribution in [0.5, 0.6) is 5.75 Å². The maximum absolute atomic E-state index is 12.1. The lowest BCUT2D eigenvalue weighted by atomic mass is 10.3. The molecule has 122 valence electrons. The SMILES string of the molecule is O=C(CSc1nnnn1-c1ccc(O)cc1)Nc1cccc(Br)c1. The summed E-state index contributed by atoms with van der Waals surface area (Å²) in [4.78, 5) is 12.1. The first-order valence-corrected chi connectivity index (χ1v) is 8.66. The number of aromatic nitrogens is 4. The van der Waals surface area contributed by atoms with E-state index in [1.807, 2.05) is 24.3 Å². The number of tetrazole rings is 1. The first-order valence-electron chi connectivity index (χ1n) is 6.88. The Morgan fingerprint density at radius 2 is 2.04 bits per heavy atom. The summed E-state index contributed by atoms with van der Waals surface area (Å²) < 4.78 is 2.40. The Balaban J connectivity index is 1.64. The summed E-state index contributed by atoms with van der Waals surface area (Å²) in [7, 11) is 0. The largest absolute Gasteiger partial charge is 0.508 e. The lowest BCUT2D eigenvalue weighted by molar-refractivity contribution is -0.113. The maximum Gasteiger partial charge on any atom is 0.234 e. The van der Waals surface area contributed by atoms with Crippen LogP contribution in [0.4, 0.5) is 5.69 Å². The van der Waals surface area contributed by atoms with Gasteiger partial charge in [0.05, 0.1) is 11.4 Å². The number of aromatic hydroxyl groups is 1. The second-order valence-electron chi connectivity index (χ2n) is 4.74. The Bertz CT molecular complexity index is 853. The minimum absolute atomic E-state index is 0.154. The number of thioether (sulfide) groups is 1. The molecule has 0 aliphatic heterocycles. The van der Waals surface area contributed by atoms with Crippen LogP contribution in [0.25, 0.3) is 5.69 Å². The van der Waals surface area contributed by atoms with E-state index >= 15 is 0 Å². The molecule has 0 atom stereocenters. The Kier molecular flexibility index (Phi) is 5.11. The fourth-order valence-electron chi connectivity index (χ4n) is 1.92. The topological polar surface area (TPSA) is 92.9 Å². The molecule has 24 heavy (non-hydrogen) atoms. The Hall–Kier alpha value is -2.39. The van der Waals surface area contributed by atoms with Gasteiger partial charge in [0, 0.05) is 10.2 Å². The van der Waals surface area contributed by atoms with E-state index in [1.54, 1.807) is 24.3 Å². The molecule has 9 heteroatoms. The third-order valence-electron chi connectivity index (χ3n) is 2.98. The van der Waals surface area contributed by atoms with E-state index < -0.39 is 0 Å². The Labute approximate surface area is 150 Å². The molecule has 0 fully saturated rings. The highest BCUT2D eigenvalue weighted by Gasteiger charge is 2.12. The number of benzene rings is 2. The first-order chi connectivity index (χ1) is 11.6. The van der Waals surface area contributed by atoms with Crippen molar-refractivity contribution in [3.63, 3.8) is 0 Å². The molecule has 3 rings (SSSR count). The normalized spacial score (nSPS) is 10.5. The molecule has 0 spiro atoms. The molecule has 2 aromatic carbocycles. The fourth-order valence-corrected chi connectivity index (χ4v) is 3.01. The number of halogens is 1. The standard InChI is InChI=1S/C15H12BrN5O2S/c16-10-2-1-3-11(8-10)17-14(23)9-24-15-18-19-20-21(15)12-4-6-13(22)7-5-12/h1-8,22H,9H2,(H,17,23). The summed E-state index contributed by atoms with van der Waals surface area (Å²) in [6.45, 7) is 0. The van der Waals surface area contributed by atoms with Gasteiger partial charge in [0.1, 0.15) is 5.75 Å². The van der Waals surface area contributed by atoms with Crippen molar-refractivity contribution in [3.05, 3.63) is 53.0 Å². The van der Waals surface area contributed by atoms with Gasteiger partial charge in [-0.15, -0.1) is 5.10 Å². The van der Waals surface area contributed by atoms with Gasteiger partial charge in [0.2, 0.25) is 11.1 Å². The van der Waals surface area contributed by atoms with E-state index in [1.165, 1.54) is 16.4 Å². The van der Waals surface area contributed by atoms with Crippen molar-refractivity contribution in [2.24, 2.45) is 0 Å². The van der Waals surface area contributed by atoms with Gasteiger partial charge in [-0.2, -0.15) is 4.68 Å². The summed E-state index contributed by atoms with van der Waals surface area (Å²) in [5, 5.41) is 24.1. The van der Waals surface area contributed by atoms with Crippen LogP contribution in [0, 0.1) is 0 Å². The van der Waals surface area contributed by atoms with Crippen molar-refractivity contribution in [3.8, 4) is 11.4 Å². The van der Waals surface area contributed by atoms with Gasteiger partial charge >= 0.3 is 0 Å². The third kappa shape index (κ3) is 4.12. The average molecular weight is 406 g/mol. The lowest BCUT2D eigenvalue weighted by Gasteiger charge is -2.06. The quantitative estimate of drug-likeness (QED) is 0.633. The van der Waals surface area contributed by atoms with Crippen LogP contribution in [0.15, 0.2) is 58.2 Å². The van der Waals surface area contributed by atoms with Crippen molar-refractivity contribution in [2.45, 2.75) is 5.16 Å². The molecular formula is C15H12BrN5O2S. The summed E-state index contributed by atoms with van der Waals surface area (Å²) in [6.07, 6.45) is 0. The number of carbonyl (C=O) groups excluding carboxylic acids is 1. The number of hydrogen-bond donors (Lipinski definition) is 2. The van der Waals surface area contributed by atoms with Crippen molar-refractivity contribution < 1.29 is 9.90 Å². The van der Waals surface area contributed by atoms with Crippen LogP contribution < -0.4 is 5.32 Å². The van der Waals surface area contributed by atoms with Gasteiger partial charge in [-0.3, -0.25) is 4.79 Å². The number of nitrogens with zero attached hydrogens (tertiary/aromatic N) is 4. The third-order valence-corrected chi connectivity index (χ3v) is 4.39. The highest BCUT2D eigenvalue weighted by Crippen LogP contribution is 2.21. The monoisotopic (exact) mass is 405 g/mol. The van der Waals surface area contributed by atoms with Crippen molar-refractivity contribution in [1.29, 1.82) is 0 Å². The molecule has 1 amide bonds. The van der Waals surface area contributed by atoms with E-state index in [0.29, 0.717) is 16.5 Å². The Morgan fingerprint density at radius 3 is 2.79 bits per heavy atom. The molecule has 0 aliphatic rings. The summed E-state index contributed by atoms with van der Waals surface area (Å²) in [5.74, 6) is 0.179. The van der Waals surface area contributed by atoms with Crippen LogP contribution in [0.2, 0.25) is 0 Å². The first kappa shape index (κ1) is 16.5. The lowest BCUT2D eigenvalue weighted by Crippen LogP contribution is -2.14. The number of nitrogens with one attached hydrogen (secondary N) is 1. The molecule has 0 aliphatic carbocycles. The number of hydrogen-bond acceptors (Lipinski definition) is 6. The predicted molar refractivity (Wildman–Crippen MR) is 94.3 cm³/mol. The molecular weight excluding hydrogens is 394 g/mol. The Morgan fingerprint density at radius 1 is 1.25 bits per heavy atom. The van der Waals surface area contributed by atoms with Crippen LogP contribution in [-0.2, 0) is 4.79 Å². The zero-order chi connectivity index (χ0) is 16.9. The van der Waals surface area contributed by atoms with E-state index in [9.17, 15) is 9.90 Å². The minimum Gasteiger partial charge on any atom is -0.508 e. The zero-order valence-corrected chi connectivity index (χ0v) is 14.7. The van der Waals surface area contributed by atoms with Crippen LogP contribution >= 0.6 is 27.7 Å². The highest BCUT2D eigenvalue weighted by atomic mass is 79.9. The van der Waals surface area contributed by atoms with E-state index in [0.717, 1.165) is 4.47 Å². The molecule has 0 unspecified atom stereocenters. The van der Waals surface area contributed by atoms with E-state index in [-0.39, 0.29) is 17.4 Å². The number of anilines is 1. The van der Waals surface area contributed by atoms with Gasteiger partial charge in [-0.1, -0.05) is 33.8 Å². The molecule has 0 saturated carbocycles. The van der Waals surface area contributed by atoms with Crippen molar-refractivity contribution in [1.82, 2.24) is 20.2 Å². The number of amides is 1. The molecule has 1 aromatic heterocycles. The molecule has 0 bridgehead atoms. The van der Waals surface area contributed by atoms with Crippen LogP contribution in [0.1, 0.15) is 0 Å². The zero-order valence-electron chi connectivity index (χ0n) is 12.3.